The van der Waals surface area contributed by atoms with E-state index in [4.69, 9.17) is 4.74 Å². The summed E-state index contributed by atoms with van der Waals surface area (Å²) in [4.78, 5) is 16.3. The van der Waals surface area contributed by atoms with Crippen LogP contribution in [-0.4, -0.2) is 23.0 Å². The van der Waals surface area contributed by atoms with Crippen molar-refractivity contribution < 1.29 is 9.53 Å². The molecular formula is C19H28N2O2. The minimum Gasteiger partial charge on any atom is -0.474 e. The van der Waals surface area contributed by atoms with E-state index in [1.54, 1.807) is 6.20 Å². The minimum atomic E-state index is 0.233. The van der Waals surface area contributed by atoms with Crippen molar-refractivity contribution in [3.63, 3.8) is 0 Å². The molecule has 2 aliphatic carbocycles. The molecule has 23 heavy (non-hydrogen) atoms. The average molecular weight is 316 g/mol. The smallest absolute Gasteiger partial charge is 0.220 e. The summed E-state index contributed by atoms with van der Waals surface area (Å²) in [5.74, 6) is 1.74. The standard InChI is InChI=1S/C19H28N2O2/c22-18(13-8-15-5-1-2-6-15)21-16-9-11-17(12-10-16)23-19-7-3-4-14-20-19/h3-4,7,14-17H,1-2,5-6,8-13H2,(H,21,22). The van der Waals surface area contributed by atoms with Crippen molar-refractivity contribution in [2.24, 2.45) is 5.92 Å². The fourth-order valence-corrected chi connectivity index (χ4v) is 3.85. The number of aromatic nitrogens is 1. The van der Waals surface area contributed by atoms with Gasteiger partial charge in [-0.15, -0.1) is 0 Å². The molecule has 0 unspecified atom stereocenters. The number of amides is 1. The topological polar surface area (TPSA) is 51.2 Å². The van der Waals surface area contributed by atoms with E-state index in [0.29, 0.717) is 18.3 Å². The molecule has 0 radical (unpaired) electrons. The fourth-order valence-electron chi connectivity index (χ4n) is 3.85. The highest BCUT2D eigenvalue weighted by molar-refractivity contribution is 5.76. The van der Waals surface area contributed by atoms with Crippen molar-refractivity contribution in [3.05, 3.63) is 24.4 Å². The van der Waals surface area contributed by atoms with Crippen molar-refractivity contribution in [3.8, 4) is 5.88 Å². The molecule has 1 aromatic heterocycles. The Morgan fingerprint density at radius 1 is 1.13 bits per heavy atom. The number of ether oxygens (including phenoxy) is 1. The number of nitrogens with one attached hydrogen (secondary N) is 1. The predicted molar refractivity (Wildman–Crippen MR) is 90.2 cm³/mol. The van der Waals surface area contributed by atoms with Crippen LogP contribution in [0, 0.1) is 5.92 Å². The Balaban J connectivity index is 1.33. The second-order valence-corrected chi connectivity index (χ2v) is 7.02. The maximum Gasteiger partial charge on any atom is 0.220 e. The van der Waals surface area contributed by atoms with Gasteiger partial charge in [-0.25, -0.2) is 4.98 Å². The lowest BCUT2D eigenvalue weighted by molar-refractivity contribution is -0.122. The van der Waals surface area contributed by atoms with Crippen molar-refractivity contribution in [1.29, 1.82) is 0 Å². The molecule has 0 aliphatic heterocycles. The summed E-state index contributed by atoms with van der Waals surface area (Å²) in [6, 6.07) is 6.06. The van der Waals surface area contributed by atoms with Crippen LogP contribution in [0.1, 0.15) is 64.2 Å². The Labute approximate surface area is 139 Å². The van der Waals surface area contributed by atoms with Crippen molar-refractivity contribution in [2.75, 3.05) is 0 Å². The molecule has 4 nitrogen and oxygen atoms in total. The first-order valence-electron chi connectivity index (χ1n) is 9.16. The summed E-state index contributed by atoms with van der Waals surface area (Å²) in [6.45, 7) is 0. The highest BCUT2D eigenvalue weighted by atomic mass is 16.5. The summed E-state index contributed by atoms with van der Waals surface area (Å²) < 4.78 is 5.90. The summed E-state index contributed by atoms with van der Waals surface area (Å²) in [5.41, 5.74) is 0. The van der Waals surface area contributed by atoms with Crippen LogP contribution in [-0.2, 0) is 4.79 Å². The first-order chi connectivity index (χ1) is 11.3. The highest BCUT2D eigenvalue weighted by Gasteiger charge is 2.24. The third kappa shape index (κ3) is 5.22. The van der Waals surface area contributed by atoms with Crippen LogP contribution in [0.15, 0.2) is 24.4 Å². The zero-order valence-electron chi connectivity index (χ0n) is 13.9. The molecule has 3 rings (SSSR count). The van der Waals surface area contributed by atoms with Crippen LogP contribution < -0.4 is 10.1 Å². The van der Waals surface area contributed by atoms with Gasteiger partial charge in [0.1, 0.15) is 6.10 Å². The van der Waals surface area contributed by atoms with Gasteiger partial charge in [-0.3, -0.25) is 4.79 Å². The number of nitrogens with zero attached hydrogens (tertiary/aromatic N) is 1. The Kier molecular flexibility index (Phi) is 5.89. The van der Waals surface area contributed by atoms with E-state index >= 15 is 0 Å². The molecule has 2 fully saturated rings. The number of rotatable bonds is 6. The van der Waals surface area contributed by atoms with E-state index in [9.17, 15) is 4.79 Å². The van der Waals surface area contributed by atoms with Crippen LogP contribution >= 0.6 is 0 Å². The monoisotopic (exact) mass is 316 g/mol. The quantitative estimate of drug-likeness (QED) is 0.867. The van der Waals surface area contributed by atoms with E-state index in [1.807, 2.05) is 18.2 Å². The lowest BCUT2D eigenvalue weighted by atomic mass is 9.92. The SMILES string of the molecule is O=C(CCC1CCCC1)NC1CCC(Oc2ccccn2)CC1. The van der Waals surface area contributed by atoms with Gasteiger partial charge in [0.15, 0.2) is 0 Å². The third-order valence-corrected chi connectivity index (χ3v) is 5.22. The van der Waals surface area contributed by atoms with Gasteiger partial charge in [-0.05, 0) is 44.1 Å². The number of carbonyl (C=O) groups excluding carboxylic acids is 1. The van der Waals surface area contributed by atoms with Gasteiger partial charge < -0.3 is 10.1 Å². The lowest BCUT2D eigenvalue weighted by Gasteiger charge is -2.29. The molecule has 2 aliphatic rings. The van der Waals surface area contributed by atoms with E-state index in [-0.39, 0.29) is 12.0 Å². The van der Waals surface area contributed by atoms with Gasteiger partial charge in [-0.1, -0.05) is 31.7 Å². The number of pyridine rings is 1. The summed E-state index contributed by atoms with van der Waals surface area (Å²) in [7, 11) is 0. The average Bonchev–Trinajstić information content (AvgIpc) is 3.09. The Morgan fingerprint density at radius 2 is 1.91 bits per heavy atom. The van der Waals surface area contributed by atoms with Gasteiger partial charge in [-0.2, -0.15) is 0 Å². The number of hydrogen-bond acceptors (Lipinski definition) is 3. The van der Waals surface area contributed by atoms with Crippen molar-refractivity contribution in [2.45, 2.75) is 76.4 Å². The fraction of sp³-hybridized carbons (Fsp3) is 0.684. The molecule has 4 heteroatoms. The van der Waals surface area contributed by atoms with E-state index in [2.05, 4.69) is 10.3 Å². The van der Waals surface area contributed by atoms with Gasteiger partial charge in [0.2, 0.25) is 11.8 Å². The summed E-state index contributed by atoms with van der Waals surface area (Å²) in [6.07, 6.45) is 13.1. The maximum absolute atomic E-state index is 12.1. The second kappa shape index (κ2) is 8.32. The number of carbonyl (C=O) groups is 1. The van der Waals surface area contributed by atoms with Gasteiger partial charge >= 0.3 is 0 Å². The van der Waals surface area contributed by atoms with E-state index in [1.165, 1.54) is 25.7 Å². The van der Waals surface area contributed by atoms with Gasteiger partial charge in [0.05, 0.1) is 0 Å². The highest BCUT2D eigenvalue weighted by Crippen LogP contribution is 2.28. The molecular weight excluding hydrogens is 288 g/mol. The molecule has 1 aromatic rings. The molecule has 1 amide bonds. The van der Waals surface area contributed by atoms with Crippen molar-refractivity contribution >= 4 is 5.91 Å². The van der Waals surface area contributed by atoms with Gasteiger partial charge in [0, 0.05) is 24.7 Å². The predicted octanol–water partition coefficient (Wildman–Crippen LogP) is 3.86. The van der Waals surface area contributed by atoms with Crippen LogP contribution in [0.3, 0.4) is 0 Å². The lowest BCUT2D eigenvalue weighted by Crippen LogP contribution is -2.39. The second-order valence-electron chi connectivity index (χ2n) is 7.02. The zero-order chi connectivity index (χ0) is 15.9. The molecule has 1 N–H and O–H groups in total. The van der Waals surface area contributed by atoms with Crippen LogP contribution in [0.5, 0.6) is 5.88 Å². The largest absolute Gasteiger partial charge is 0.474 e. The van der Waals surface area contributed by atoms with Gasteiger partial charge in [0.25, 0.3) is 0 Å². The van der Waals surface area contributed by atoms with Crippen LogP contribution in [0.4, 0.5) is 0 Å². The Bertz CT molecular complexity index is 477. The molecule has 0 saturated heterocycles. The van der Waals surface area contributed by atoms with E-state index in [0.717, 1.165) is 38.0 Å². The summed E-state index contributed by atoms with van der Waals surface area (Å²) >= 11 is 0. The van der Waals surface area contributed by atoms with Crippen LogP contribution in [0.2, 0.25) is 0 Å². The zero-order valence-corrected chi connectivity index (χ0v) is 13.9. The first kappa shape index (κ1) is 16.3. The third-order valence-electron chi connectivity index (χ3n) is 5.22. The van der Waals surface area contributed by atoms with Crippen LogP contribution in [0.25, 0.3) is 0 Å². The number of hydrogen-bond donors (Lipinski definition) is 1. The Morgan fingerprint density at radius 3 is 2.61 bits per heavy atom. The molecule has 0 bridgehead atoms. The molecule has 0 aromatic carbocycles. The maximum atomic E-state index is 12.1. The molecule has 0 spiro atoms. The molecule has 0 atom stereocenters. The molecule has 2 saturated carbocycles. The summed E-state index contributed by atoms with van der Waals surface area (Å²) in [5, 5.41) is 3.22. The van der Waals surface area contributed by atoms with E-state index < -0.39 is 0 Å². The Hall–Kier alpha value is -1.58. The molecule has 126 valence electrons. The molecule has 1 heterocycles. The normalized spacial score (nSPS) is 25.2. The minimum absolute atomic E-state index is 0.233. The first-order valence-corrected chi connectivity index (χ1v) is 9.16. The van der Waals surface area contributed by atoms with Crippen molar-refractivity contribution in [1.82, 2.24) is 10.3 Å².